The predicted molar refractivity (Wildman–Crippen MR) is 167 cm³/mol. The molecule has 0 aromatic heterocycles. The topological polar surface area (TPSA) is 3.24 Å². The van der Waals surface area contributed by atoms with E-state index >= 15 is 0 Å². The van der Waals surface area contributed by atoms with E-state index in [0.717, 1.165) is 36.6 Å². The van der Waals surface area contributed by atoms with Crippen LogP contribution < -0.4 is 0 Å². The van der Waals surface area contributed by atoms with E-state index in [0.29, 0.717) is 0 Å². The van der Waals surface area contributed by atoms with Crippen LogP contribution >= 0.6 is 0 Å². The molecule has 0 aromatic rings. The Morgan fingerprint density at radius 3 is 1.86 bits per heavy atom. The average molecular weight is 500 g/mol. The van der Waals surface area contributed by atoms with Gasteiger partial charge in [-0.15, -0.1) is 18.9 Å². The lowest BCUT2D eigenvalue weighted by molar-refractivity contribution is 0.166. The molecular weight excluding hydrogens is 434 g/mol. The number of unbranched alkanes of at least 4 members (excludes halogenated alkanes) is 1. The van der Waals surface area contributed by atoms with Gasteiger partial charge in [0.1, 0.15) is 0 Å². The maximum Gasteiger partial charge on any atom is 0.0350 e. The molecule has 0 N–H and O–H groups in total. The van der Waals surface area contributed by atoms with Gasteiger partial charge in [0.05, 0.1) is 0 Å². The van der Waals surface area contributed by atoms with E-state index in [1.165, 1.54) is 88.3 Å². The van der Waals surface area contributed by atoms with Gasteiger partial charge in [0.15, 0.2) is 0 Å². The Morgan fingerprint density at radius 1 is 0.889 bits per heavy atom. The van der Waals surface area contributed by atoms with Crippen LogP contribution in [0.3, 0.4) is 0 Å². The summed E-state index contributed by atoms with van der Waals surface area (Å²) < 4.78 is 0. The van der Waals surface area contributed by atoms with Crippen molar-refractivity contribution in [1.29, 1.82) is 0 Å². The van der Waals surface area contributed by atoms with E-state index in [1.807, 2.05) is 13.0 Å². The highest BCUT2D eigenvalue weighted by atomic mass is 15.1. The van der Waals surface area contributed by atoms with Crippen molar-refractivity contribution in [3.63, 3.8) is 0 Å². The normalized spacial score (nSPS) is 21.4. The highest BCUT2D eigenvalue weighted by Crippen LogP contribution is 2.39. The summed E-state index contributed by atoms with van der Waals surface area (Å²) in [5.74, 6) is 6.77. The number of hydrogen-bond donors (Lipinski definition) is 0. The van der Waals surface area contributed by atoms with Gasteiger partial charge in [0.2, 0.25) is 0 Å². The van der Waals surface area contributed by atoms with Crippen molar-refractivity contribution in [1.82, 2.24) is 4.90 Å². The van der Waals surface area contributed by atoms with Gasteiger partial charge in [-0.25, -0.2) is 0 Å². The fraction of sp³-hybridized carbons (Fsp3) is 0.771. The van der Waals surface area contributed by atoms with Crippen LogP contribution in [0.1, 0.15) is 139 Å². The zero-order valence-electron chi connectivity index (χ0n) is 26.2. The van der Waals surface area contributed by atoms with Crippen molar-refractivity contribution in [2.75, 3.05) is 13.6 Å². The molecule has 2 rings (SSSR count). The van der Waals surface area contributed by atoms with Crippen molar-refractivity contribution in [3.05, 3.63) is 36.1 Å². The van der Waals surface area contributed by atoms with Crippen LogP contribution in [0.5, 0.6) is 0 Å². The number of allylic oxidation sites excluding steroid dienone is 4. The molecule has 0 saturated heterocycles. The van der Waals surface area contributed by atoms with Gasteiger partial charge >= 0.3 is 0 Å². The number of terminal acetylenes is 1. The Bertz CT molecular complexity index is 599. The Kier molecular flexibility index (Phi) is 25.8. The second-order valence-corrected chi connectivity index (χ2v) is 11.0. The lowest BCUT2D eigenvalue weighted by Crippen LogP contribution is -2.24. The summed E-state index contributed by atoms with van der Waals surface area (Å²) in [7, 11) is 2.07. The summed E-state index contributed by atoms with van der Waals surface area (Å²) in [6.45, 7) is 22.1. The number of likely N-dealkylation sites (N-methyl/N-ethyl adjacent to an activating group) is 1. The summed E-state index contributed by atoms with van der Waals surface area (Å²) in [6, 6.07) is 0. The molecule has 36 heavy (non-hydrogen) atoms. The van der Waals surface area contributed by atoms with Gasteiger partial charge in [0, 0.05) is 25.7 Å². The molecule has 0 aromatic carbocycles. The fourth-order valence-electron chi connectivity index (χ4n) is 4.70. The summed E-state index contributed by atoms with van der Waals surface area (Å²) >= 11 is 0. The molecule has 0 amide bonds. The van der Waals surface area contributed by atoms with E-state index in [2.05, 4.69) is 85.1 Å². The maximum absolute atomic E-state index is 5.39. The largest absolute Gasteiger partial charge is 0.374 e. The minimum Gasteiger partial charge on any atom is -0.374 e. The molecule has 210 valence electrons. The first kappa shape index (κ1) is 36.7. The molecule has 0 radical (unpaired) electrons. The lowest BCUT2D eigenvalue weighted by atomic mass is 9.70. The lowest BCUT2D eigenvalue weighted by Gasteiger charge is -2.35. The second kappa shape index (κ2) is 25.2. The molecule has 0 heterocycles. The molecule has 2 aliphatic carbocycles. The molecule has 0 spiro atoms. The summed E-state index contributed by atoms with van der Waals surface area (Å²) in [6.07, 6.45) is 29.5. The third-order valence-electron chi connectivity index (χ3n) is 7.63. The first-order valence-electron chi connectivity index (χ1n) is 15.3. The van der Waals surface area contributed by atoms with Crippen LogP contribution in [0, 0.1) is 36.0 Å². The first-order chi connectivity index (χ1) is 17.3. The Morgan fingerprint density at radius 2 is 1.47 bits per heavy atom. The van der Waals surface area contributed by atoms with Crippen LogP contribution in [0.15, 0.2) is 36.1 Å². The van der Waals surface area contributed by atoms with Crippen LogP contribution in [-0.2, 0) is 0 Å². The maximum atomic E-state index is 5.39. The van der Waals surface area contributed by atoms with Gasteiger partial charge in [-0.3, -0.25) is 0 Å². The molecule has 1 heteroatoms. The van der Waals surface area contributed by atoms with Crippen LogP contribution in [0.25, 0.3) is 0 Å². The molecule has 3 unspecified atom stereocenters. The fourth-order valence-corrected chi connectivity index (χ4v) is 4.70. The molecule has 0 bridgehead atoms. The minimum absolute atomic E-state index is 0.832. The minimum atomic E-state index is 0.832. The van der Waals surface area contributed by atoms with Crippen molar-refractivity contribution in [2.24, 2.45) is 23.7 Å². The van der Waals surface area contributed by atoms with Crippen molar-refractivity contribution >= 4 is 0 Å². The van der Waals surface area contributed by atoms with Crippen LogP contribution in [-0.4, -0.2) is 18.5 Å². The van der Waals surface area contributed by atoms with Gasteiger partial charge in [0.25, 0.3) is 0 Å². The van der Waals surface area contributed by atoms with Crippen molar-refractivity contribution in [2.45, 2.75) is 139 Å². The average Bonchev–Trinajstić information content (AvgIpc) is 3.70. The molecule has 2 aliphatic rings. The van der Waals surface area contributed by atoms with Gasteiger partial charge in [-0.1, -0.05) is 110 Å². The molecule has 2 saturated carbocycles. The van der Waals surface area contributed by atoms with Crippen LogP contribution in [0.4, 0.5) is 0 Å². The molecular formula is C35H65N. The van der Waals surface area contributed by atoms with E-state index in [-0.39, 0.29) is 0 Å². The van der Waals surface area contributed by atoms with Gasteiger partial charge in [-0.2, -0.15) is 0 Å². The summed E-state index contributed by atoms with van der Waals surface area (Å²) in [5.41, 5.74) is 2.56. The predicted octanol–water partition coefficient (Wildman–Crippen LogP) is 11.2. The van der Waals surface area contributed by atoms with Gasteiger partial charge in [-0.05, 0) is 69.8 Å². The quantitative estimate of drug-likeness (QED) is 0.155. The van der Waals surface area contributed by atoms with Gasteiger partial charge < -0.3 is 4.90 Å². The van der Waals surface area contributed by atoms with Crippen LogP contribution in [0.2, 0.25) is 0 Å². The van der Waals surface area contributed by atoms with E-state index in [1.54, 1.807) is 0 Å². The third kappa shape index (κ3) is 20.7. The molecule has 3 atom stereocenters. The van der Waals surface area contributed by atoms with E-state index in [9.17, 15) is 0 Å². The Hall–Kier alpha value is -1.42. The van der Waals surface area contributed by atoms with E-state index < -0.39 is 0 Å². The Labute approximate surface area is 229 Å². The monoisotopic (exact) mass is 500 g/mol. The van der Waals surface area contributed by atoms with Crippen molar-refractivity contribution < 1.29 is 0 Å². The Balaban J connectivity index is 0. The second-order valence-electron chi connectivity index (χ2n) is 11.0. The van der Waals surface area contributed by atoms with E-state index in [4.69, 9.17) is 6.42 Å². The standard InChI is InChI=1S/C14H24.C11H19N.C6H12.C4H10/c1-4-7-12-9-10-14(8-5-2)13(6-3)11-12;1-6-8-12(5)11(4)9-10(3)7-2;1-2-3-6-4-5-6;1-3-4-2/h1,12-14H,5-11H2,2-3H3;6-7,9H,1,8H2,2-5H3;6H,2-5H2,1H3;3-4H2,1-2H3/b;10-7-,11-9-;;. The van der Waals surface area contributed by atoms with Crippen molar-refractivity contribution in [3.8, 4) is 12.3 Å². The molecule has 1 nitrogen and oxygen atoms in total. The highest BCUT2D eigenvalue weighted by molar-refractivity contribution is 5.19. The third-order valence-corrected chi connectivity index (χ3v) is 7.63. The number of hydrogen-bond acceptors (Lipinski definition) is 1. The number of rotatable bonds is 11. The SMILES string of the molecule is C#CCC1CCC(CCC)C(CC)C1.C=CCN(C)/C(C)=C\C(C)=C/C.CCCC.CCCC1CC1. The smallest absolute Gasteiger partial charge is 0.0350 e. The zero-order valence-corrected chi connectivity index (χ0v) is 26.2. The highest BCUT2D eigenvalue weighted by Gasteiger charge is 2.28. The molecule has 0 aliphatic heterocycles. The first-order valence-corrected chi connectivity index (χ1v) is 15.3. The number of nitrogens with zero attached hydrogens (tertiary/aromatic N) is 1. The summed E-state index contributed by atoms with van der Waals surface area (Å²) in [4.78, 5) is 2.17. The summed E-state index contributed by atoms with van der Waals surface area (Å²) in [5, 5.41) is 0. The molecule has 2 fully saturated rings. The zero-order chi connectivity index (χ0) is 27.8.